The molecule has 0 saturated heterocycles. The number of carbonyl (C=O) groups excluding carboxylic acids is 2. The van der Waals surface area contributed by atoms with Gasteiger partial charge in [0.05, 0.1) is 32.6 Å². The van der Waals surface area contributed by atoms with E-state index in [1.165, 1.54) is 27.6 Å². The van der Waals surface area contributed by atoms with Gasteiger partial charge in [-0.2, -0.15) is 0 Å². The third-order valence-corrected chi connectivity index (χ3v) is 7.96. The molecule has 3 aromatic carbocycles. The number of benzene rings is 3. The molecular weight excluding hydrogens is 572 g/mol. The molecular formula is C26H20Cl2FN3O6S. The highest BCUT2D eigenvalue weighted by Gasteiger charge is 2.27. The molecule has 0 atom stereocenters. The first-order valence-electron chi connectivity index (χ1n) is 11.2. The van der Waals surface area contributed by atoms with Crippen molar-refractivity contribution in [3.63, 3.8) is 0 Å². The Morgan fingerprint density at radius 2 is 1.62 bits per heavy atom. The zero-order valence-electron chi connectivity index (χ0n) is 20.4. The second-order valence-corrected chi connectivity index (χ2v) is 10.7. The Balaban J connectivity index is 1.63. The van der Waals surface area contributed by atoms with Gasteiger partial charge in [0.25, 0.3) is 15.6 Å². The number of anilines is 1. The lowest BCUT2D eigenvalue weighted by Gasteiger charge is -2.12. The van der Waals surface area contributed by atoms with Crippen LogP contribution in [0, 0.1) is 12.7 Å². The SMILES string of the molecule is Cc1c(NS(=O)(=O)c2cc(C(=O)OCC(=O)c3ccccc3F)c(Cl)cc2Cl)c(=O)n(-c2ccccc2)n1C. The Morgan fingerprint density at radius 3 is 2.28 bits per heavy atom. The van der Waals surface area contributed by atoms with Crippen LogP contribution in [0.2, 0.25) is 10.0 Å². The number of Topliss-reactive ketones (excluding diaryl/α,β-unsaturated/α-hetero) is 1. The fraction of sp³-hybridized carbons (Fsp3) is 0.115. The van der Waals surface area contributed by atoms with Crippen molar-refractivity contribution < 1.29 is 27.1 Å². The molecule has 13 heteroatoms. The van der Waals surface area contributed by atoms with Crippen LogP contribution >= 0.6 is 23.2 Å². The standard InChI is InChI=1S/C26H20Cl2FN3O6S/c1-15-24(25(34)32(31(15)2)16-8-4-3-5-9-16)30-39(36,37)23-12-18(19(27)13-20(23)28)26(35)38-14-22(33)17-10-6-7-11-21(17)29/h3-13,30H,14H2,1-2H3. The summed E-state index contributed by atoms with van der Waals surface area (Å²) in [5, 5.41) is -0.576. The number of aromatic nitrogens is 2. The van der Waals surface area contributed by atoms with Crippen LogP contribution in [0.15, 0.2) is 76.4 Å². The zero-order valence-corrected chi connectivity index (χ0v) is 22.8. The van der Waals surface area contributed by atoms with Crippen molar-refractivity contribution in [2.75, 3.05) is 11.3 Å². The average molecular weight is 592 g/mol. The summed E-state index contributed by atoms with van der Waals surface area (Å²) in [5.74, 6) is -2.74. The number of rotatable bonds is 8. The number of carbonyl (C=O) groups is 2. The van der Waals surface area contributed by atoms with E-state index in [2.05, 4.69) is 4.72 Å². The van der Waals surface area contributed by atoms with Gasteiger partial charge in [-0.15, -0.1) is 0 Å². The molecule has 9 nitrogen and oxygen atoms in total. The molecule has 4 aromatic rings. The van der Waals surface area contributed by atoms with Gasteiger partial charge in [0.1, 0.15) is 16.4 Å². The lowest BCUT2D eigenvalue weighted by Crippen LogP contribution is -2.23. The third kappa shape index (κ3) is 5.60. The van der Waals surface area contributed by atoms with Crippen LogP contribution in [0.5, 0.6) is 0 Å². The van der Waals surface area contributed by atoms with Crippen molar-refractivity contribution in [1.29, 1.82) is 0 Å². The Bertz CT molecular complexity index is 1770. The third-order valence-electron chi connectivity index (χ3n) is 5.83. The summed E-state index contributed by atoms with van der Waals surface area (Å²) in [6.45, 7) is 0.735. The molecule has 0 fully saturated rings. The molecule has 0 bridgehead atoms. The number of para-hydroxylation sites is 1. The van der Waals surface area contributed by atoms with E-state index in [4.69, 9.17) is 27.9 Å². The fourth-order valence-electron chi connectivity index (χ4n) is 3.74. The summed E-state index contributed by atoms with van der Waals surface area (Å²) in [7, 11) is -2.93. The first-order valence-corrected chi connectivity index (χ1v) is 13.5. The number of ketones is 1. The van der Waals surface area contributed by atoms with Crippen LogP contribution < -0.4 is 10.3 Å². The maximum Gasteiger partial charge on any atom is 0.340 e. The van der Waals surface area contributed by atoms with Crippen molar-refractivity contribution in [2.24, 2.45) is 7.05 Å². The normalized spacial score (nSPS) is 11.3. The Hall–Kier alpha value is -3.93. The van der Waals surface area contributed by atoms with Crippen LogP contribution in [0.3, 0.4) is 0 Å². The number of hydrogen-bond acceptors (Lipinski definition) is 6. The summed E-state index contributed by atoms with van der Waals surface area (Å²) in [6, 6.07) is 15.6. The molecule has 1 N–H and O–H groups in total. The van der Waals surface area contributed by atoms with Gasteiger partial charge in [-0.25, -0.2) is 22.3 Å². The van der Waals surface area contributed by atoms with Gasteiger partial charge < -0.3 is 4.74 Å². The number of halogens is 3. The summed E-state index contributed by atoms with van der Waals surface area (Å²) < 4.78 is 50.4. The molecule has 202 valence electrons. The van der Waals surface area contributed by atoms with Crippen molar-refractivity contribution in [2.45, 2.75) is 11.8 Å². The predicted molar refractivity (Wildman–Crippen MR) is 144 cm³/mol. The van der Waals surface area contributed by atoms with Gasteiger partial charge in [-0.1, -0.05) is 53.5 Å². The molecule has 1 aromatic heterocycles. The number of ether oxygens (including phenoxy) is 1. The maximum atomic E-state index is 13.8. The van der Waals surface area contributed by atoms with Crippen molar-refractivity contribution >= 4 is 50.7 Å². The maximum absolute atomic E-state index is 13.8. The van der Waals surface area contributed by atoms with Gasteiger partial charge in [-0.3, -0.25) is 19.0 Å². The van der Waals surface area contributed by atoms with Crippen LogP contribution in [-0.4, -0.2) is 36.1 Å². The Kier molecular flexibility index (Phi) is 7.96. The topological polar surface area (TPSA) is 116 Å². The van der Waals surface area contributed by atoms with Crippen LogP contribution in [0.4, 0.5) is 10.1 Å². The van der Waals surface area contributed by atoms with E-state index in [-0.39, 0.29) is 21.3 Å². The van der Waals surface area contributed by atoms with Gasteiger partial charge >= 0.3 is 5.97 Å². The molecule has 0 amide bonds. The lowest BCUT2D eigenvalue weighted by molar-refractivity contribution is 0.0473. The highest BCUT2D eigenvalue weighted by molar-refractivity contribution is 7.92. The minimum absolute atomic E-state index is 0.230. The first-order chi connectivity index (χ1) is 18.4. The van der Waals surface area contributed by atoms with E-state index in [0.717, 1.165) is 18.2 Å². The molecule has 0 radical (unpaired) electrons. The Morgan fingerprint density at radius 1 is 0.974 bits per heavy atom. The van der Waals surface area contributed by atoms with Crippen molar-refractivity contribution in [1.82, 2.24) is 9.36 Å². The molecule has 0 aliphatic heterocycles. The van der Waals surface area contributed by atoms with Crippen molar-refractivity contribution in [3.05, 3.63) is 110 Å². The van der Waals surface area contributed by atoms with Crippen molar-refractivity contribution in [3.8, 4) is 5.69 Å². The summed E-state index contributed by atoms with van der Waals surface area (Å²) in [5.41, 5.74) is -0.733. The van der Waals surface area contributed by atoms with Gasteiger partial charge in [0, 0.05) is 7.05 Å². The summed E-state index contributed by atoms with van der Waals surface area (Å²) in [4.78, 5) is 37.5. The zero-order chi connectivity index (χ0) is 28.5. The van der Waals surface area contributed by atoms with Gasteiger partial charge in [-0.05, 0) is 43.3 Å². The van der Waals surface area contributed by atoms with E-state index < -0.39 is 50.2 Å². The summed E-state index contributed by atoms with van der Waals surface area (Å²) >= 11 is 12.3. The van der Waals surface area contributed by atoms with Gasteiger partial charge in [0.15, 0.2) is 6.61 Å². The molecule has 39 heavy (non-hydrogen) atoms. The minimum Gasteiger partial charge on any atom is -0.454 e. The number of sulfonamides is 1. The number of esters is 1. The highest BCUT2D eigenvalue weighted by Crippen LogP contribution is 2.31. The number of hydrogen-bond donors (Lipinski definition) is 1. The number of nitrogens with one attached hydrogen (secondary N) is 1. The largest absolute Gasteiger partial charge is 0.454 e. The van der Waals surface area contributed by atoms with E-state index in [9.17, 15) is 27.2 Å². The van der Waals surface area contributed by atoms with Crippen LogP contribution in [-0.2, 0) is 21.8 Å². The second-order valence-electron chi connectivity index (χ2n) is 8.28. The molecule has 0 unspecified atom stereocenters. The molecule has 0 saturated carbocycles. The monoisotopic (exact) mass is 591 g/mol. The van der Waals surface area contributed by atoms with Crippen LogP contribution in [0.1, 0.15) is 26.4 Å². The molecule has 0 aliphatic carbocycles. The smallest absolute Gasteiger partial charge is 0.340 e. The minimum atomic E-state index is -4.52. The van der Waals surface area contributed by atoms with E-state index in [1.54, 1.807) is 44.3 Å². The number of nitrogens with zero attached hydrogens (tertiary/aromatic N) is 2. The summed E-state index contributed by atoms with van der Waals surface area (Å²) in [6.07, 6.45) is 0. The van der Waals surface area contributed by atoms with E-state index >= 15 is 0 Å². The van der Waals surface area contributed by atoms with Gasteiger partial charge in [0.2, 0.25) is 5.78 Å². The quantitative estimate of drug-likeness (QED) is 0.233. The first kappa shape index (κ1) is 28.1. The predicted octanol–water partition coefficient (Wildman–Crippen LogP) is 4.77. The molecule has 4 rings (SSSR count). The molecule has 1 heterocycles. The molecule has 0 spiro atoms. The fourth-order valence-corrected chi connectivity index (χ4v) is 5.71. The van der Waals surface area contributed by atoms with E-state index in [0.29, 0.717) is 11.4 Å². The second kappa shape index (κ2) is 11.0. The lowest BCUT2D eigenvalue weighted by atomic mass is 10.1. The van der Waals surface area contributed by atoms with Crippen LogP contribution in [0.25, 0.3) is 5.69 Å². The highest BCUT2D eigenvalue weighted by atomic mass is 35.5. The average Bonchev–Trinajstić information content (AvgIpc) is 3.10. The Labute approximate surface area is 232 Å². The molecule has 0 aliphatic rings. The van der Waals surface area contributed by atoms with E-state index in [1.807, 2.05) is 0 Å².